The van der Waals surface area contributed by atoms with Gasteiger partial charge in [0, 0.05) is 17.4 Å². The van der Waals surface area contributed by atoms with Crippen LogP contribution in [0.15, 0.2) is 53.4 Å². The summed E-state index contributed by atoms with van der Waals surface area (Å²) in [5, 5.41) is 0.289. The van der Waals surface area contributed by atoms with Crippen molar-refractivity contribution in [3.8, 4) is 0 Å². The first-order chi connectivity index (χ1) is 11.4. The number of benzene rings is 1. The van der Waals surface area contributed by atoms with Crippen molar-refractivity contribution in [2.45, 2.75) is 0 Å². The summed E-state index contributed by atoms with van der Waals surface area (Å²) in [6, 6.07) is 4.24. The van der Waals surface area contributed by atoms with Crippen LogP contribution in [0.5, 0.6) is 0 Å². The van der Waals surface area contributed by atoms with Crippen molar-refractivity contribution in [3.05, 3.63) is 63.9 Å². The lowest BCUT2D eigenvalue weighted by Crippen LogP contribution is -2.22. The maximum Gasteiger partial charge on any atom is 0.339 e. The minimum Gasteiger partial charge on any atom is -0.465 e. The highest BCUT2D eigenvalue weighted by atomic mass is 35.5. The van der Waals surface area contributed by atoms with Gasteiger partial charge < -0.3 is 9.46 Å². The van der Waals surface area contributed by atoms with E-state index in [1.165, 1.54) is 43.5 Å². The number of hydrogen-bond donors (Lipinski definition) is 2. The second-order valence-electron chi connectivity index (χ2n) is 4.72. The molecule has 0 saturated carbocycles. The number of nitrogens with one attached hydrogen (secondary N) is 2. The predicted molar refractivity (Wildman–Crippen MR) is 93.2 cm³/mol. The number of carbonyl (C=O) groups is 1. The lowest BCUT2D eigenvalue weighted by Gasteiger charge is -2.21. The Bertz CT molecular complexity index is 893. The second kappa shape index (κ2) is 6.42. The molecule has 2 aliphatic rings. The van der Waals surface area contributed by atoms with Gasteiger partial charge in [-0.15, -0.1) is 0 Å². The second-order valence-corrected chi connectivity index (χ2v) is 7.62. The van der Waals surface area contributed by atoms with Gasteiger partial charge in [-0.05, 0) is 30.4 Å². The summed E-state index contributed by atoms with van der Waals surface area (Å²) < 4.78 is 37.1. The Balaban J connectivity index is 1.99. The molecule has 0 saturated heterocycles. The fraction of sp³-hybridized carbons (Fsp3) is 0.0714. The van der Waals surface area contributed by atoms with E-state index in [2.05, 4.69) is 14.2 Å². The Morgan fingerprint density at radius 3 is 2.96 bits per heavy atom. The molecule has 7 nitrogen and oxygen atoms in total. The first-order valence-corrected chi connectivity index (χ1v) is 9.27. The van der Waals surface area contributed by atoms with Gasteiger partial charge in [-0.25, -0.2) is 13.2 Å². The third kappa shape index (κ3) is 3.10. The van der Waals surface area contributed by atoms with Crippen LogP contribution in [-0.2, 0) is 14.8 Å². The van der Waals surface area contributed by atoms with Crippen LogP contribution in [0.3, 0.4) is 0 Å². The smallest absolute Gasteiger partial charge is 0.339 e. The van der Waals surface area contributed by atoms with Gasteiger partial charge in [-0.3, -0.25) is 9.03 Å². The van der Waals surface area contributed by atoms with E-state index in [0.717, 1.165) is 0 Å². The number of esters is 1. The van der Waals surface area contributed by atoms with Gasteiger partial charge in [-0.2, -0.15) is 0 Å². The number of allylic oxidation sites excluding steroid dienone is 2. The summed E-state index contributed by atoms with van der Waals surface area (Å²) in [5.41, 5.74) is 0.606. The van der Waals surface area contributed by atoms with Crippen molar-refractivity contribution >= 4 is 45.4 Å². The Kier molecular flexibility index (Phi) is 4.48. The molecule has 0 bridgehead atoms. The van der Waals surface area contributed by atoms with E-state index in [-0.39, 0.29) is 21.2 Å². The minimum atomic E-state index is -3.94. The van der Waals surface area contributed by atoms with Gasteiger partial charge in [0.25, 0.3) is 10.0 Å². The number of anilines is 1. The molecule has 2 aliphatic heterocycles. The van der Waals surface area contributed by atoms with Crippen LogP contribution >= 0.6 is 23.7 Å². The number of sulfonamides is 1. The van der Waals surface area contributed by atoms with Crippen LogP contribution in [-0.4, -0.2) is 25.8 Å². The van der Waals surface area contributed by atoms with Gasteiger partial charge in [0.05, 0.1) is 36.2 Å². The van der Waals surface area contributed by atoms with Crippen molar-refractivity contribution in [1.29, 1.82) is 0 Å². The lowest BCUT2D eigenvalue weighted by atomic mass is 10.2. The Morgan fingerprint density at radius 2 is 2.21 bits per heavy atom. The summed E-state index contributed by atoms with van der Waals surface area (Å²) in [5.74, 6) is -0.666. The first kappa shape index (κ1) is 16.7. The fourth-order valence-electron chi connectivity index (χ4n) is 2.15. The summed E-state index contributed by atoms with van der Waals surface area (Å²) >= 11 is 7.17. The largest absolute Gasteiger partial charge is 0.465 e. The molecule has 0 aliphatic carbocycles. The molecule has 126 valence electrons. The maximum atomic E-state index is 12.8. The molecule has 3 rings (SSSR count). The number of ether oxygens (including phenoxy) is 1. The third-order valence-corrected chi connectivity index (χ3v) is 5.61. The topological polar surface area (TPSA) is 87.7 Å². The van der Waals surface area contributed by atoms with Gasteiger partial charge in [0.15, 0.2) is 0 Å². The van der Waals surface area contributed by atoms with Crippen molar-refractivity contribution in [3.63, 3.8) is 0 Å². The van der Waals surface area contributed by atoms with Crippen molar-refractivity contribution in [1.82, 2.24) is 9.03 Å². The molecule has 1 aromatic carbocycles. The SMILES string of the molecule is COC(=O)c1ccc(Cl)cc1NS(=O)(=O)C1=CC=CN2SNC=C12. The summed E-state index contributed by atoms with van der Waals surface area (Å²) in [4.78, 5) is 11.9. The lowest BCUT2D eigenvalue weighted by molar-refractivity contribution is 0.0602. The molecule has 24 heavy (non-hydrogen) atoms. The number of carbonyl (C=O) groups excluding carboxylic acids is 1. The number of fused-ring (bicyclic) bond motifs is 1. The number of rotatable bonds is 4. The Labute approximate surface area is 148 Å². The fourth-order valence-corrected chi connectivity index (χ4v) is 4.30. The van der Waals surface area contributed by atoms with Crippen LogP contribution < -0.4 is 9.44 Å². The number of halogens is 1. The highest BCUT2D eigenvalue weighted by Crippen LogP contribution is 2.34. The van der Waals surface area contributed by atoms with E-state index in [9.17, 15) is 13.2 Å². The summed E-state index contributed by atoms with van der Waals surface area (Å²) in [7, 11) is -2.73. The van der Waals surface area contributed by atoms with Crippen LogP contribution in [0.4, 0.5) is 5.69 Å². The molecule has 0 aromatic heterocycles. The molecule has 0 amide bonds. The molecule has 2 heterocycles. The first-order valence-electron chi connectivity index (χ1n) is 6.64. The zero-order valence-electron chi connectivity index (χ0n) is 12.3. The third-order valence-electron chi connectivity index (χ3n) is 3.23. The molecule has 0 atom stereocenters. The molecule has 0 spiro atoms. The monoisotopic (exact) mass is 385 g/mol. The van der Waals surface area contributed by atoms with E-state index in [1.807, 2.05) is 0 Å². The molecule has 1 aromatic rings. The number of hydrogen-bond acceptors (Lipinski definition) is 7. The highest BCUT2D eigenvalue weighted by Gasteiger charge is 2.30. The average Bonchev–Trinajstić information content (AvgIpc) is 3.02. The molecule has 0 fully saturated rings. The predicted octanol–water partition coefficient (Wildman–Crippen LogP) is 2.59. The maximum absolute atomic E-state index is 12.8. The molecule has 10 heteroatoms. The molecule has 2 N–H and O–H groups in total. The van der Waals surface area contributed by atoms with Gasteiger partial charge in [0.2, 0.25) is 0 Å². The van der Waals surface area contributed by atoms with Crippen molar-refractivity contribution in [2.24, 2.45) is 0 Å². The zero-order valence-corrected chi connectivity index (χ0v) is 14.7. The Hall–Kier alpha value is -2.10. The van der Waals surface area contributed by atoms with E-state index in [0.29, 0.717) is 5.70 Å². The average molecular weight is 386 g/mol. The number of nitrogens with zero attached hydrogens (tertiary/aromatic N) is 1. The number of methoxy groups -OCH3 is 1. The standard InChI is InChI=1S/C14H12ClN3O4S2/c1-22-14(19)10-5-4-9(15)7-11(10)17-24(20,21)13-3-2-6-18-12(13)8-16-23-18/h2-8,16-17H,1H3. The van der Waals surface area contributed by atoms with Crippen molar-refractivity contribution < 1.29 is 17.9 Å². The van der Waals surface area contributed by atoms with Crippen LogP contribution in [0.25, 0.3) is 0 Å². The summed E-state index contributed by atoms with van der Waals surface area (Å²) in [6.07, 6.45) is 6.40. The normalized spacial score (nSPS) is 16.0. The summed E-state index contributed by atoms with van der Waals surface area (Å²) in [6.45, 7) is 0. The quantitative estimate of drug-likeness (QED) is 0.608. The molecular weight excluding hydrogens is 374 g/mol. The molecule has 0 radical (unpaired) electrons. The Morgan fingerprint density at radius 1 is 1.42 bits per heavy atom. The van der Waals surface area contributed by atoms with E-state index in [4.69, 9.17) is 11.6 Å². The van der Waals surface area contributed by atoms with E-state index < -0.39 is 16.0 Å². The van der Waals surface area contributed by atoms with Crippen molar-refractivity contribution in [2.75, 3.05) is 11.8 Å². The van der Waals surface area contributed by atoms with Crippen LogP contribution in [0.2, 0.25) is 5.02 Å². The minimum absolute atomic E-state index is 0.0514. The van der Waals surface area contributed by atoms with Gasteiger partial charge in [0.1, 0.15) is 4.91 Å². The molecule has 0 unspecified atom stereocenters. The van der Waals surface area contributed by atoms with Gasteiger partial charge >= 0.3 is 5.97 Å². The van der Waals surface area contributed by atoms with Gasteiger partial charge in [-0.1, -0.05) is 11.6 Å². The zero-order chi connectivity index (χ0) is 17.3. The van der Waals surface area contributed by atoms with E-state index >= 15 is 0 Å². The molecular formula is C14H12ClN3O4S2. The van der Waals surface area contributed by atoms with E-state index in [1.54, 1.807) is 22.8 Å². The van der Waals surface area contributed by atoms with Crippen LogP contribution in [0, 0.1) is 0 Å². The highest BCUT2D eigenvalue weighted by molar-refractivity contribution is 7.97. The van der Waals surface area contributed by atoms with Crippen LogP contribution in [0.1, 0.15) is 10.4 Å².